The fourth-order valence-corrected chi connectivity index (χ4v) is 3.70. The van der Waals surface area contributed by atoms with Gasteiger partial charge in [0.1, 0.15) is 0 Å². The summed E-state index contributed by atoms with van der Waals surface area (Å²) in [5, 5.41) is 0. The van der Waals surface area contributed by atoms with Crippen LogP contribution in [0.4, 0.5) is 0 Å². The Morgan fingerprint density at radius 1 is 1.08 bits per heavy atom. The van der Waals surface area contributed by atoms with Crippen LogP contribution in [0.2, 0.25) is 0 Å². The molecule has 0 aliphatic carbocycles. The van der Waals surface area contributed by atoms with E-state index in [0.29, 0.717) is 6.04 Å². The van der Waals surface area contributed by atoms with E-state index in [0.717, 1.165) is 6.54 Å². The number of hydrogen-bond donors (Lipinski definition) is 0. The van der Waals surface area contributed by atoms with E-state index < -0.39 is 8.97 Å². The molecule has 0 unspecified atom stereocenters. The van der Waals surface area contributed by atoms with E-state index in [1.54, 1.807) is 21.3 Å². The van der Waals surface area contributed by atoms with Crippen molar-refractivity contribution in [3.05, 3.63) is 0 Å². The van der Waals surface area contributed by atoms with Gasteiger partial charge in [0.2, 0.25) is 0 Å². The number of rotatable bonds is 6. The summed E-state index contributed by atoms with van der Waals surface area (Å²) in [6, 6.07) is 0.358. The van der Waals surface area contributed by atoms with Crippen molar-refractivity contribution in [3.63, 3.8) is 0 Å². The SMILES string of the molecule is CCN(C(C)C)[Si](OC)(OC)OC. The fourth-order valence-electron chi connectivity index (χ4n) is 1.48. The quantitative estimate of drug-likeness (QED) is 0.610. The lowest BCUT2D eigenvalue weighted by atomic mass is 10.4. The van der Waals surface area contributed by atoms with Gasteiger partial charge in [-0.25, -0.2) is 0 Å². The Bertz CT molecular complexity index is 131. The maximum atomic E-state index is 5.37. The maximum Gasteiger partial charge on any atom is 0.598 e. The molecule has 0 N–H and O–H groups in total. The third-order valence-electron chi connectivity index (χ3n) is 2.09. The van der Waals surface area contributed by atoms with Gasteiger partial charge in [-0.05, 0) is 6.54 Å². The van der Waals surface area contributed by atoms with Crippen LogP contribution >= 0.6 is 0 Å². The molecule has 0 aliphatic heterocycles. The van der Waals surface area contributed by atoms with Crippen LogP contribution in [0.25, 0.3) is 0 Å². The molecule has 0 atom stereocenters. The van der Waals surface area contributed by atoms with Crippen molar-refractivity contribution in [2.24, 2.45) is 0 Å². The molecular formula is C8H21NO3Si. The van der Waals surface area contributed by atoms with Crippen LogP contribution < -0.4 is 0 Å². The Morgan fingerprint density at radius 2 is 1.46 bits per heavy atom. The summed E-state index contributed by atoms with van der Waals surface area (Å²) in [5.41, 5.74) is 0. The Labute approximate surface area is 82.2 Å². The third kappa shape index (κ3) is 2.75. The molecule has 0 saturated heterocycles. The van der Waals surface area contributed by atoms with Crippen LogP contribution in [-0.2, 0) is 13.3 Å². The molecule has 0 aromatic rings. The Kier molecular flexibility index (Phi) is 5.74. The standard InChI is InChI=1S/C8H21NO3Si/c1-7-9(8(2)3)13(10-4,11-5)12-6/h8H,7H2,1-6H3. The summed E-state index contributed by atoms with van der Waals surface area (Å²) in [4.78, 5) is 0. The lowest BCUT2D eigenvalue weighted by Crippen LogP contribution is -2.61. The van der Waals surface area contributed by atoms with E-state index in [1.807, 2.05) is 0 Å². The molecule has 0 aromatic heterocycles. The fraction of sp³-hybridized carbons (Fsp3) is 1.00. The zero-order valence-electron chi connectivity index (χ0n) is 9.46. The summed E-state index contributed by atoms with van der Waals surface area (Å²) in [7, 11) is 2.31. The second-order valence-electron chi connectivity index (χ2n) is 3.02. The van der Waals surface area contributed by atoms with Crippen LogP contribution in [0.15, 0.2) is 0 Å². The van der Waals surface area contributed by atoms with Crippen LogP contribution in [-0.4, -0.2) is 47.4 Å². The minimum Gasteiger partial charge on any atom is -0.364 e. The average Bonchev–Trinajstić information content (AvgIpc) is 2.13. The molecule has 0 amide bonds. The van der Waals surface area contributed by atoms with E-state index in [-0.39, 0.29) is 0 Å². The van der Waals surface area contributed by atoms with E-state index in [2.05, 4.69) is 25.3 Å². The smallest absolute Gasteiger partial charge is 0.364 e. The minimum absolute atomic E-state index is 0.358. The molecule has 0 aromatic carbocycles. The topological polar surface area (TPSA) is 30.9 Å². The van der Waals surface area contributed by atoms with Crippen molar-refractivity contribution in [2.75, 3.05) is 27.9 Å². The highest BCUT2D eigenvalue weighted by Crippen LogP contribution is 2.15. The van der Waals surface area contributed by atoms with Gasteiger partial charge in [0.25, 0.3) is 0 Å². The van der Waals surface area contributed by atoms with Gasteiger partial charge in [0, 0.05) is 27.4 Å². The van der Waals surface area contributed by atoms with Crippen LogP contribution in [0.1, 0.15) is 20.8 Å². The van der Waals surface area contributed by atoms with Gasteiger partial charge in [-0.15, -0.1) is 0 Å². The number of nitrogens with zero attached hydrogens (tertiary/aromatic N) is 1. The number of hydrogen-bond acceptors (Lipinski definition) is 4. The van der Waals surface area contributed by atoms with Gasteiger partial charge in [-0.2, -0.15) is 0 Å². The normalized spacial score (nSPS) is 12.9. The van der Waals surface area contributed by atoms with E-state index >= 15 is 0 Å². The molecule has 0 saturated carbocycles. The third-order valence-corrected chi connectivity index (χ3v) is 5.17. The van der Waals surface area contributed by atoms with Crippen molar-refractivity contribution in [2.45, 2.75) is 26.8 Å². The Hall–Kier alpha value is 0.0569. The molecule has 80 valence electrons. The first-order valence-electron chi connectivity index (χ1n) is 4.50. The molecule has 4 nitrogen and oxygen atoms in total. The Morgan fingerprint density at radius 3 is 1.54 bits per heavy atom. The molecule has 0 radical (unpaired) electrons. The highest BCUT2D eigenvalue weighted by molar-refractivity contribution is 6.57. The van der Waals surface area contributed by atoms with Crippen LogP contribution in [0, 0.1) is 0 Å². The van der Waals surface area contributed by atoms with Gasteiger partial charge in [0.15, 0.2) is 0 Å². The molecule has 5 heteroatoms. The van der Waals surface area contributed by atoms with Crippen molar-refractivity contribution in [3.8, 4) is 0 Å². The zero-order valence-corrected chi connectivity index (χ0v) is 10.5. The summed E-state index contributed by atoms with van der Waals surface area (Å²) >= 11 is 0. The molecule has 13 heavy (non-hydrogen) atoms. The van der Waals surface area contributed by atoms with Crippen molar-refractivity contribution in [1.82, 2.24) is 4.57 Å². The average molecular weight is 207 g/mol. The van der Waals surface area contributed by atoms with E-state index in [4.69, 9.17) is 13.3 Å². The van der Waals surface area contributed by atoms with Crippen molar-refractivity contribution >= 4 is 8.97 Å². The highest BCUT2D eigenvalue weighted by atomic mass is 28.4. The highest BCUT2D eigenvalue weighted by Gasteiger charge is 2.46. The van der Waals surface area contributed by atoms with Crippen LogP contribution in [0.3, 0.4) is 0 Å². The molecule has 0 bridgehead atoms. The van der Waals surface area contributed by atoms with Gasteiger partial charge in [-0.3, -0.25) is 4.57 Å². The van der Waals surface area contributed by atoms with Gasteiger partial charge in [-0.1, -0.05) is 20.8 Å². The first kappa shape index (κ1) is 13.1. The maximum absolute atomic E-state index is 5.37. The second-order valence-corrected chi connectivity index (χ2v) is 5.86. The molecule has 0 heterocycles. The molecular weight excluding hydrogens is 186 g/mol. The zero-order chi connectivity index (χ0) is 10.5. The summed E-state index contributed by atoms with van der Waals surface area (Å²) in [6.07, 6.45) is 0. The van der Waals surface area contributed by atoms with Crippen LogP contribution in [0.5, 0.6) is 0 Å². The van der Waals surface area contributed by atoms with Gasteiger partial charge in [0.05, 0.1) is 0 Å². The molecule has 0 aliphatic rings. The first-order valence-corrected chi connectivity index (χ1v) is 6.17. The lowest BCUT2D eigenvalue weighted by molar-refractivity contribution is 0.0487. The first-order chi connectivity index (χ1) is 6.07. The lowest BCUT2D eigenvalue weighted by Gasteiger charge is -2.37. The van der Waals surface area contributed by atoms with Crippen molar-refractivity contribution < 1.29 is 13.3 Å². The summed E-state index contributed by atoms with van der Waals surface area (Å²) in [6.45, 7) is 7.13. The Balaban J connectivity index is 4.65. The molecule has 0 rings (SSSR count). The largest absolute Gasteiger partial charge is 0.598 e. The van der Waals surface area contributed by atoms with Crippen molar-refractivity contribution in [1.29, 1.82) is 0 Å². The summed E-state index contributed by atoms with van der Waals surface area (Å²) in [5.74, 6) is 0. The van der Waals surface area contributed by atoms with E-state index in [9.17, 15) is 0 Å². The summed E-state index contributed by atoms with van der Waals surface area (Å²) < 4.78 is 18.2. The predicted molar refractivity (Wildman–Crippen MR) is 54.3 cm³/mol. The second kappa shape index (κ2) is 5.72. The minimum atomic E-state index is -2.58. The predicted octanol–water partition coefficient (Wildman–Crippen LogP) is 1.09. The van der Waals surface area contributed by atoms with Gasteiger partial charge < -0.3 is 13.3 Å². The van der Waals surface area contributed by atoms with E-state index in [1.165, 1.54) is 0 Å². The monoisotopic (exact) mass is 207 g/mol. The molecule has 0 spiro atoms. The van der Waals surface area contributed by atoms with Gasteiger partial charge >= 0.3 is 8.97 Å². The molecule has 0 fully saturated rings.